The van der Waals surface area contributed by atoms with Gasteiger partial charge in [0.25, 0.3) is 0 Å². The number of aryl methyl sites for hydroxylation is 1. The van der Waals surface area contributed by atoms with Crippen molar-refractivity contribution in [2.75, 3.05) is 27.7 Å². The molecule has 0 saturated heterocycles. The molecule has 1 atom stereocenters. The standard InChI is InChI=1S/C13H22N6OS/c1-9-15-8-11(21-9)12(17-14)13-10(20-4)7-16-19(13)6-5-18(2)3/h7-8,12,17H,5-6,14H2,1-4H3. The minimum atomic E-state index is -0.184. The Kier molecular flexibility index (Phi) is 5.29. The molecule has 0 fully saturated rings. The number of nitrogens with two attached hydrogens (primary N) is 1. The maximum Gasteiger partial charge on any atom is 0.162 e. The van der Waals surface area contributed by atoms with E-state index in [2.05, 4.69) is 20.4 Å². The topological polar surface area (TPSA) is 81.2 Å². The number of rotatable bonds is 7. The van der Waals surface area contributed by atoms with Gasteiger partial charge in [-0.25, -0.2) is 10.4 Å². The second kappa shape index (κ2) is 6.99. The Morgan fingerprint density at radius 3 is 2.76 bits per heavy atom. The molecule has 116 valence electrons. The fraction of sp³-hybridized carbons (Fsp3) is 0.538. The predicted octanol–water partition coefficient (Wildman–Crippen LogP) is 0.771. The molecule has 2 aromatic heterocycles. The van der Waals surface area contributed by atoms with Gasteiger partial charge in [-0.05, 0) is 21.0 Å². The highest BCUT2D eigenvalue weighted by Gasteiger charge is 2.24. The van der Waals surface area contributed by atoms with Crippen molar-refractivity contribution in [3.63, 3.8) is 0 Å². The first-order valence-electron chi connectivity index (χ1n) is 6.69. The summed E-state index contributed by atoms with van der Waals surface area (Å²) < 4.78 is 7.36. The van der Waals surface area contributed by atoms with Crippen LogP contribution in [0.2, 0.25) is 0 Å². The van der Waals surface area contributed by atoms with Gasteiger partial charge in [-0.15, -0.1) is 11.3 Å². The zero-order valence-corrected chi connectivity index (χ0v) is 13.6. The van der Waals surface area contributed by atoms with E-state index in [0.29, 0.717) is 0 Å². The van der Waals surface area contributed by atoms with Crippen LogP contribution in [0.3, 0.4) is 0 Å². The number of thiazole rings is 1. The number of likely N-dealkylation sites (N-methyl/N-ethyl adjacent to an activating group) is 1. The van der Waals surface area contributed by atoms with Crippen LogP contribution in [0.1, 0.15) is 21.6 Å². The average molecular weight is 310 g/mol. The maximum atomic E-state index is 5.78. The molecule has 0 amide bonds. The monoisotopic (exact) mass is 310 g/mol. The first kappa shape index (κ1) is 15.9. The number of aromatic nitrogens is 3. The molecule has 0 bridgehead atoms. The van der Waals surface area contributed by atoms with Gasteiger partial charge in [0.1, 0.15) is 11.7 Å². The fourth-order valence-electron chi connectivity index (χ4n) is 2.11. The molecule has 2 aromatic rings. The number of hydrogen-bond donors (Lipinski definition) is 2. The highest BCUT2D eigenvalue weighted by molar-refractivity contribution is 7.11. The SMILES string of the molecule is COc1cnn(CCN(C)C)c1C(NN)c1cnc(C)s1. The molecule has 0 radical (unpaired) electrons. The summed E-state index contributed by atoms with van der Waals surface area (Å²) in [5.74, 6) is 6.50. The van der Waals surface area contributed by atoms with Gasteiger partial charge in [-0.2, -0.15) is 5.10 Å². The number of hydrazine groups is 1. The largest absolute Gasteiger partial charge is 0.493 e. The minimum absolute atomic E-state index is 0.184. The molecule has 21 heavy (non-hydrogen) atoms. The summed E-state index contributed by atoms with van der Waals surface area (Å²) in [6, 6.07) is -0.184. The van der Waals surface area contributed by atoms with Crippen LogP contribution in [0.5, 0.6) is 5.75 Å². The number of methoxy groups -OCH3 is 1. The molecule has 0 aliphatic heterocycles. The Bertz CT molecular complexity index is 579. The second-order valence-electron chi connectivity index (χ2n) is 5.01. The molecule has 2 heterocycles. The number of nitrogens with zero attached hydrogens (tertiary/aromatic N) is 4. The smallest absolute Gasteiger partial charge is 0.162 e. The van der Waals surface area contributed by atoms with E-state index < -0.39 is 0 Å². The molecule has 0 spiro atoms. The van der Waals surface area contributed by atoms with Crippen LogP contribution in [0.15, 0.2) is 12.4 Å². The molecule has 0 aromatic carbocycles. The lowest BCUT2D eigenvalue weighted by Gasteiger charge is -2.18. The van der Waals surface area contributed by atoms with Crippen molar-refractivity contribution in [3.8, 4) is 5.75 Å². The van der Waals surface area contributed by atoms with E-state index in [1.807, 2.05) is 31.9 Å². The number of nitrogens with one attached hydrogen (secondary N) is 1. The summed E-state index contributed by atoms with van der Waals surface area (Å²) >= 11 is 1.61. The van der Waals surface area contributed by atoms with Gasteiger partial charge in [0.05, 0.1) is 24.9 Å². The second-order valence-corrected chi connectivity index (χ2v) is 6.27. The van der Waals surface area contributed by atoms with Crippen LogP contribution in [0.25, 0.3) is 0 Å². The summed E-state index contributed by atoms with van der Waals surface area (Å²) in [7, 11) is 5.71. The summed E-state index contributed by atoms with van der Waals surface area (Å²) in [4.78, 5) is 7.45. The first-order valence-corrected chi connectivity index (χ1v) is 7.51. The molecule has 2 rings (SSSR count). The first-order chi connectivity index (χ1) is 10.1. The fourth-order valence-corrected chi connectivity index (χ4v) is 2.96. The number of hydrogen-bond acceptors (Lipinski definition) is 7. The van der Waals surface area contributed by atoms with Gasteiger partial charge in [0.15, 0.2) is 5.75 Å². The zero-order valence-electron chi connectivity index (χ0n) is 12.8. The molecule has 1 unspecified atom stereocenters. The normalized spacial score (nSPS) is 12.9. The van der Waals surface area contributed by atoms with Crippen LogP contribution in [-0.2, 0) is 6.54 Å². The van der Waals surface area contributed by atoms with Gasteiger partial charge < -0.3 is 9.64 Å². The van der Waals surface area contributed by atoms with Crippen LogP contribution in [0, 0.1) is 6.92 Å². The maximum absolute atomic E-state index is 5.78. The van der Waals surface area contributed by atoms with E-state index in [-0.39, 0.29) is 6.04 Å². The van der Waals surface area contributed by atoms with Crippen molar-refractivity contribution in [3.05, 3.63) is 28.0 Å². The summed E-state index contributed by atoms with van der Waals surface area (Å²) in [6.45, 7) is 3.63. The number of ether oxygens (including phenoxy) is 1. The Balaban J connectivity index is 2.36. The van der Waals surface area contributed by atoms with Crippen molar-refractivity contribution >= 4 is 11.3 Å². The lowest BCUT2D eigenvalue weighted by molar-refractivity contribution is 0.360. The highest BCUT2D eigenvalue weighted by atomic mass is 32.1. The van der Waals surface area contributed by atoms with Crippen LogP contribution >= 0.6 is 11.3 Å². The van der Waals surface area contributed by atoms with Gasteiger partial charge in [-0.3, -0.25) is 10.5 Å². The average Bonchev–Trinajstić information content (AvgIpc) is 3.05. The molecular formula is C13H22N6OS. The van der Waals surface area contributed by atoms with E-state index in [9.17, 15) is 0 Å². The van der Waals surface area contributed by atoms with Crippen molar-refractivity contribution in [2.45, 2.75) is 19.5 Å². The van der Waals surface area contributed by atoms with Crippen molar-refractivity contribution in [1.82, 2.24) is 25.1 Å². The lowest BCUT2D eigenvalue weighted by Crippen LogP contribution is -2.31. The summed E-state index contributed by atoms with van der Waals surface area (Å²) in [6.07, 6.45) is 3.57. The molecule has 0 aliphatic rings. The third-order valence-corrected chi connectivity index (χ3v) is 4.17. The van der Waals surface area contributed by atoms with Crippen LogP contribution in [-0.4, -0.2) is 47.4 Å². The van der Waals surface area contributed by atoms with E-state index >= 15 is 0 Å². The third-order valence-electron chi connectivity index (χ3n) is 3.19. The van der Waals surface area contributed by atoms with Crippen LogP contribution in [0.4, 0.5) is 0 Å². The van der Waals surface area contributed by atoms with Gasteiger partial charge in [0.2, 0.25) is 0 Å². The lowest BCUT2D eigenvalue weighted by atomic mass is 10.2. The van der Waals surface area contributed by atoms with E-state index in [0.717, 1.165) is 34.4 Å². The van der Waals surface area contributed by atoms with Crippen molar-refractivity contribution in [2.24, 2.45) is 5.84 Å². The predicted molar refractivity (Wildman–Crippen MR) is 83.4 cm³/mol. The molecule has 0 aliphatic carbocycles. The van der Waals surface area contributed by atoms with Gasteiger partial charge in [0, 0.05) is 17.6 Å². The third kappa shape index (κ3) is 3.59. The Morgan fingerprint density at radius 1 is 1.48 bits per heavy atom. The Labute approximate surface area is 128 Å². The van der Waals surface area contributed by atoms with Crippen LogP contribution < -0.4 is 16.0 Å². The summed E-state index contributed by atoms with van der Waals surface area (Å²) in [5, 5.41) is 5.42. The van der Waals surface area contributed by atoms with E-state index in [1.165, 1.54) is 0 Å². The zero-order chi connectivity index (χ0) is 15.4. The highest BCUT2D eigenvalue weighted by Crippen LogP contribution is 2.32. The van der Waals surface area contributed by atoms with Crippen molar-refractivity contribution < 1.29 is 4.74 Å². The van der Waals surface area contributed by atoms with Gasteiger partial charge in [-0.1, -0.05) is 0 Å². The van der Waals surface area contributed by atoms with E-state index in [1.54, 1.807) is 24.6 Å². The van der Waals surface area contributed by atoms with Gasteiger partial charge >= 0.3 is 0 Å². The molecule has 3 N–H and O–H groups in total. The quantitative estimate of drug-likeness (QED) is 0.581. The molecule has 7 nitrogen and oxygen atoms in total. The summed E-state index contributed by atoms with van der Waals surface area (Å²) in [5.41, 5.74) is 3.77. The molecular weight excluding hydrogens is 288 g/mol. The molecule has 8 heteroatoms. The van der Waals surface area contributed by atoms with E-state index in [4.69, 9.17) is 10.6 Å². The molecule has 0 saturated carbocycles. The van der Waals surface area contributed by atoms with Crippen molar-refractivity contribution in [1.29, 1.82) is 0 Å². The minimum Gasteiger partial charge on any atom is -0.493 e. The Morgan fingerprint density at radius 2 is 2.24 bits per heavy atom. The Hall–Kier alpha value is -1.48.